The van der Waals surface area contributed by atoms with Gasteiger partial charge in [0.1, 0.15) is 0 Å². The summed E-state index contributed by atoms with van der Waals surface area (Å²) in [6, 6.07) is 2.91. The molecule has 7 nitrogen and oxygen atoms in total. The van der Waals surface area contributed by atoms with Gasteiger partial charge in [-0.25, -0.2) is 0 Å². The Bertz CT molecular complexity index is 713. The molecule has 1 unspecified atom stereocenters. The summed E-state index contributed by atoms with van der Waals surface area (Å²) in [5, 5.41) is 20.7. The third-order valence-corrected chi connectivity index (χ3v) is 5.09. The lowest BCUT2D eigenvalue weighted by Crippen LogP contribution is -2.40. The number of nitrogens with zero attached hydrogens (tertiary/aromatic N) is 2. The standard InChI is InChI=1S/C17H22N2O5/c1-10(2)17(16(21)22)5-6-18(9-17)15(20)13-8-14(19(23)24)12(4)7-11(13)3/h7-8,10H,5-6,9H2,1-4H3,(H,21,22). The Morgan fingerprint density at radius 2 is 1.92 bits per heavy atom. The van der Waals surface area contributed by atoms with Crippen LogP contribution in [0.2, 0.25) is 0 Å². The Hall–Kier alpha value is -2.44. The molecule has 0 bridgehead atoms. The Morgan fingerprint density at radius 3 is 2.38 bits per heavy atom. The maximum Gasteiger partial charge on any atom is 0.311 e. The van der Waals surface area contributed by atoms with Crippen molar-refractivity contribution >= 4 is 17.6 Å². The second-order valence-electron chi connectivity index (χ2n) is 6.80. The summed E-state index contributed by atoms with van der Waals surface area (Å²) in [4.78, 5) is 36.6. The summed E-state index contributed by atoms with van der Waals surface area (Å²) in [7, 11) is 0. The van der Waals surface area contributed by atoms with E-state index >= 15 is 0 Å². The van der Waals surface area contributed by atoms with Crippen LogP contribution in [-0.4, -0.2) is 39.9 Å². The van der Waals surface area contributed by atoms with Crippen molar-refractivity contribution in [2.75, 3.05) is 13.1 Å². The van der Waals surface area contributed by atoms with Gasteiger partial charge in [-0.2, -0.15) is 0 Å². The number of aryl methyl sites for hydroxylation is 2. The molecule has 2 rings (SSSR count). The van der Waals surface area contributed by atoms with E-state index in [0.29, 0.717) is 24.1 Å². The van der Waals surface area contributed by atoms with Crippen LogP contribution in [0.15, 0.2) is 12.1 Å². The zero-order valence-corrected chi connectivity index (χ0v) is 14.3. The Labute approximate surface area is 140 Å². The maximum absolute atomic E-state index is 12.8. The third-order valence-electron chi connectivity index (χ3n) is 5.09. The van der Waals surface area contributed by atoms with Crippen molar-refractivity contribution in [1.82, 2.24) is 4.90 Å². The molecule has 1 aliphatic heterocycles. The Kier molecular flexibility index (Phi) is 4.64. The number of hydrogen-bond donors (Lipinski definition) is 1. The first-order valence-electron chi connectivity index (χ1n) is 7.88. The predicted octanol–water partition coefficient (Wildman–Crippen LogP) is 2.78. The van der Waals surface area contributed by atoms with Crippen LogP contribution < -0.4 is 0 Å². The molecule has 1 atom stereocenters. The summed E-state index contributed by atoms with van der Waals surface area (Å²) in [6.07, 6.45) is 0.388. The highest BCUT2D eigenvalue weighted by atomic mass is 16.6. The summed E-state index contributed by atoms with van der Waals surface area (Å²) in [5.74, 6) is -1.36. The zero-order chi connectivity index (χ0) is 18.2. The number of nitro benzene ring substituents is 1. The highest BCUT2D eigenvalue weighted by molar-refractivity contribution is 5.97. The lowest BCUT2D eigenvalue weighted by Gasteiger charge is -2.28. The molecule has 7 heteroatoms. The highest BCUT2D eigenvalue weighted by Crippen LogP contribution is 2.39. The van der Waals surface area contributed by atoms with Gasteiger partial charge >= 0.3 is 5.97 Å². The number of rotatable bonds is 4. The second-order valence-corrected chi connectivity index (χ2v) is 6.80. The van der Waals surface area contributed by atoms with Gasteiger partial charge in [-0.05, 0) is 37.8 Å². The molecule has 0 spiro atoms. The highest BCUT2D eigenvalue weighted by Gasteiger charge is 2.48. The van der Waals surface area contributed by atoms with Crippen LogP contribution in [-0.2, 0) is 4.79 Å². The van der Waals surface area contributed by atoms with E-state index in [1.54, 1.807) is 19.9 Å². The molecular formula is C17H22N2O5. The minimum absolute atomic E-state index is 0.100. The molecule has 130 valence electrons. The van der Waals surface area contributed by atoms with E-state index in [9.17, 15) is 24.8 Å². The molecule has 1 aromatic carbocycles. The van der Waals surface area contributed by atoms with Gasteiger partial charge in [-0.15, -0.1) is 0 Å². The number of likely N-dealkylation sites (tertiary alicyclic amines) is 1. The van der Waals surface area contributed by atoms with Crippen molar-refractivity contribution in [1.29, 1.82) is 0 Å². The average molecular weight is 334 g/mol. The quantitative estimate of drug-likeness (QED) is 0.674. The van der Waals surface area contributed by atoms with E-state index in [4.69, 9.17) is 0 Å². The van der Waals surface area contributed by atoms with Crippen LogP contribution in [0, 0.1) is 35.3 Å². The van der Waals surface area contributed by atoms with Gasteiger partial charge in [0.05, 0.1) is 10.3 Å². The first-order valence-corrected chi connectivity index (χ1v) is 7.88. The van der Waals surface area contributed by atoms with Crippen LogP contribution in [0.5, 0.6) is 0 Å². The van der Waals surface area contributed by atoms with E-state index in [1.807, 2.05) is 13.8 Å². The number of aliphatic carboxylic acids is 1. The number of amides is 1. The number of carbonyl (C=O) groups excluding carboxylic acids is 1. The van der Waals surface area contributed by atoms with Gasteiger partial charge in [-0.3, -0.25) is 19.7 Å². The maximum atomic E-state index is 12.8. The van der Waals surface area contributed by atoms with E-state index in [1.165, 1.54) is 11.0 Å². The number of carboxylic acid groups (broad SMARTS) is 1. The van der Waals surface area contributed by atoms with Gasteiger partial charge in [-0.1, -0.05) is 13.8 Å². The van der Waals surface area contributed by atoms with Crippen LogP contribution in [0.1, 0.15) is 41.8 Å². The van der Waals surface area contributed by atoms with E-state index in [2.05, 4.69) is 0 Å². The summed E-state index contributed by atoms with van der Waals surface area (Å²) in [5.41, 5.74) is 0.354. The fraction of sp³-hybridized carbons (Fsp3) is 0.529. The van der Waals surface area contributed by atoms with Gasteiger partial charge in [0.15, 0.2) is 0 Å². The molecule has 1 amide bonds. The summed E-state index contributed by atoms with van der Waals surface area (Å²) in [6.45, 7) is 7.49. The first-order chi connectivity index (χ1) is 11.1. The fourth-order valence-corrected chi connectivity index (χ4v) is 3.34. The van der Waals surface area contributed by atoms with Crippen molar-refractivity contribution in [2.45, 2.75) is 34.1 Å². The molecule has 0 aliphatic carbocycles. The van der Waals surface area contributed by atoms with Crippen molar-refractivity contribution in [3.8, 4) is 0 Å². The monoisotopic (exact) mass is 334 g/mol. The molecule has 1 heterocycles. The van der Waals surface area contributed by atoms with Crippen molar-refractivity contribution in [3.05, 3.63) is 38.9 Å². The number of hydrogen-bond acceptors (Lipinski definition) is 4. The Morgan fingerprint density at radius 1 is 1.29 bits per heavy atom. The van der Waals surface area contributed by atoms with Crippen LogP contribution >= 0.6 is 0 Å². The van der Waals surface area contributed by atoms with Gasteiger partial charge in [0.25, 0.3) is 11.6 Å². The topological polar surface area (TPSA) is 101 Å². The van der Waals surface area contributed by atoms with Crippen molar-refractivity contribution < 1.29 is 19.6 Å². The molecule has 1 aromatic rings. The SMILES string of the molecule is Cc1cc(C)c([N+](=O)[O-])cc1C(=O)N1CCC(C(=O)O)(C(C)C)C1. The molecule has 1 aliphatic rings. The molecule has 0 saturated carbocycles. The summed E-state index contributed by atoms with van der Waals surface area (Å²) < 4.78 is 0. The number of carbonyl (C=O) groups is 2. The molecular weight excluding hydrogens is 312 g/mol. The van der Waals surface area contributed by atoms with Gasteiger partial charge in [0.2, 0.25) is 0 Å². The number of carboxylic acids is 1. The molecule has 1 fully saturated rings. The fourth-order valence-electron chi connectivity index (χ4n) is 3.34. The van der Waals surface area contributed by atoms with Crippen LogP contribution in [0.4, 0.5) is 5.69 Å². The minimum Gasteiger partial charge on any atom is -0.481 e. The molecule has 1 saturated heterocycles. The van der Waals surface area contributed by atoms with Gasteiger partial charge in [0, 0.05) is 30.3 Å². The number of nitro groups is 1. The van der Waals surface area contributed by atoms with Gasteiger partial charge < -0.3 is 10.0 Å². The smallest absolute Gasteiger partial charge is 0.311 e. The largest absolute Gasteiger partial charge is 0.481 e. The molecule has 24 heavy (non-hydrogen) atoms. The van der Waals surface area contributed by atoms with Crippen LogP contribution in [0.25, 0.3) is 0 Å². The van der Waals surface area contributed by atoms with Crippen LogP contribution in [0.3, 0.4) is 0 Å². The second kappa shape index (κ2) is 6.22. The van der Waals surface area contributed by atoms with E-state index in [0.717, 1.165) is 0 Å². The van der Waals surface area contributed by atoms with E-state index in [-0.39, 0.29) is 29.6 Å². The average Bonchev–Trinajstić information content (AvgIpc) is 2.92. The predicted molar refractivity (Wildman–Crippen MR) is 88.0 cm³/mol. The zero-order valence-electron chi connectivity index (χ0n) is 14.3. The lowest BCUT2D eigenvalue weighted by molar-refractivity contribution is -0.385. The molecule has 0 radical (unpaired) electrons. The van der Waals surface area contributed by atoms with E-state index < -0.39 is 16.3 Å². The minimum atomic E-state index is -0.958. The molecule has 0 aromatic heterocycles. The first kappa shape index (κ1) is 17.9. The number of benzene rings is 1. The van der Waals surface area contributed by atoms with Crippen molar-refractivity contribution in [3.63, 3.8) is 0 Å². The third kappa shape index (κ3) is 2.86. The van der Waals surface area contributed by atoms with Crippen molar-refractivity contribution in [2.24, 2.45) is 11.3 Å². The lowest BCUT2D eigenvalue weighted by atomic mass is 9.76. The summed E-state index contributed by atoms with van der Waals surface area (Å²) >= 11 is 0. The Balaban J connectivity index is 2.36. The normalized spacial score (nSPS) is 20.5. The molecule has 1 N–H and O–H groups in total.